The number of hydrogen-bond donors (Lipinski definition) is 0. The average Bonchev–Trinajstić information content (AvgIpc) is 2.16. The normalized spacial score (nSPS) is 26.8. The minimum Gasteiger partial charge on any atom is -0.368 e. The molecule has 90 valence electrons. The Balaban J connectivity index is 2.36. The van der Waals surface area contributed by atoms with Gasteiger partial charge in [0.25, 0.3) is 0 Å². The Morgan fingerprint density at radius 3 is 2.87 bits per heavy atom. The molecule has 2 nitrogen and oxygen atoms in total. The van der Waals surface area contributed by atoms with Crippen LogP contribution in [-0.4, -0.2) is 54.1 Å². The number of morpholine rings is 1. The van der Waals surface area contributed by atoms with E-state index in [4.69, 9.17) is 16.3 Å². The summed E-state index contributed by atoms with van der Waals surface area (Å²) in [7, 11) is 0. The molecule has 1 rings (SSSR count). The van der Waals surface area contributed by atoms with Gasteiger partial charge in [-0.1, -0.05) is 0 Å². The maximum atomic E-state index is 5.88. The van der Waals surface area contributed by atoms with Gasteiger partial charge in [-0.15, -0.1) is 11.6 Å². The van der Waals surface area contributed by atoms with E-state index in [9.17, 15) is 0 Å². The van der Waals surface area contributed by atoms with Crippen LogP contribution < -0.4 is 0 Å². The molecular formula is C11H22ClNOS. The van der Waals surface area contributed by atoms with Crippen LogP contribution in [-0.2, 0) is 4.74 Å². The molecule has 1 saturated heterocycles. The second-order valence-electron chi connectivity index (χ2n) is 4.74. The summed E-state index contributed by atoms with van der Waals surface area (Å²) in [4.78, 5) is 2.48. The van der Waals surface area contributed by atoms with Crippen molar-refractivity contribution in [2.24, 2.45) is 0 Å². The van der Waals surface area contributed by atoms with Crippen LogP contribution in [0.1, 0.15) is 20.3 Å². The highest BCUT2D eigenvalue weighted by atomic mass is 35.5. The summed E-state index contributed by atoms with van der Waals surface area (Å²) in [5, 5.41) is 0. The van der Waals surface area contributed by atoms with Gasteiger partial charge in [0.15, 0.2) is 0 Å². The van der Waals surface area contributed by atoms with Gasteiger partial charge in [0.1, 0.15) is 0 Å². The fourth-order valence-electron chi connectivity index (χ4n) is 2.10. The molecule has 0 aromatic carbocycles. The summed E-state index contributed by atoms with van der Waals surface area (Å²) in [6, 6.07) is 0. The highest BCUT2D eigenvalue weighted by molar-refractivity contribution is 7.98. The van der Waals surface area contributed by atoms with Crippen molar-refractivity contribution in [1.29, 1.82) is 0 Å². The minimum atomic E-state index is -0.0445. The molecule has 0 amide bonds. The molecule has 15 heavy (non-hydrogen) atoms. The zero-order valence-corrected chi connectivity index (χ0v) is 11.5. The van der Waals surface area contributed by atoms with Crippen LogP contribution in [0.4, 0.5) is 0 Å². The highest BCUT2D eigenvalue weighted by Gasteiger charge is 2.32. The number of hydrogen-bond acceptors (Lipinski definition) is 3. The lowest BCUT2D eigenvalue weighted by molar-refractivity contribution is -0.127. The first kappa shape index (κ1) is 13.6. The largest absolute Gasteiger partial charge is 0.368 e. The van der Waals surface area contributed by atoms with Crippen molar-refractivity contribution < 1.29 is 4.74 Å². The summed E-state index contributed by atoms with van der Waals surface area (Å²) < 4.78 is 5.88. The summed E-state index contributed by atoms with van der Waals surface area (Å²) in [6.45, 7) is 7.47. The first-order valence-electron chi connectivity index (χ1n) is 5.52. The molecule has 0 aromatic rings. The van der Waals surface area contributed by atoms with Crippen molar-refractivity contribution in [3.05, 3.63) is 0 Å². The van der Waals surface area contributed by atoms with Crippen LogP contribution >= 0.6 is 23.4 Å². The fraction of sp³-hybridized carbons (Fsp3) is 1.00. The maximum absolute atomic E-state index is 5.88. The lowest BCUT2D eigenvalue weighted by Gasteiger charge is -2.42. The SMILES string of the molecule is CSCCCN1CC(CCl)OC(C)(C)C1. The lowest BCUT2D eigenvalue weighted by atomic mass is 10.1. The van der Waals surface area contributed by atoms with Crippen LogP contribution in [0, 0.1) is 0 Å². The van der Waals surface area contributed by atoms with Gasteiger partial charge in [-0.05, 0) is 38.8 Å². The van der Waals surface area contributed by atoms with Crippen molar-refractivity contribution in [1.82, 2.24) is 4.90 Å². The van der Waals surface area contributed by atoms with E-state index < -0.39 is 0 Å². The summed E-state index contributed by atoms with van der Waals surface area (Å²) >= 11 is 7.79. The number of halogens is 1. The van der Waals surface area contributed by atoms with Crippen LogP contribution in [0.3, 0.4) is 0 Å². The van der Waals surface area contributed by atoms with Gasteiger partial charge in [-0.2, -0.15) is 11.8 Å². The zero-order chi connectivity index (χ0) is 11.3. The number of nitrogens with zero attached hydrogens (tertiary/aromatic N) is 1. The third-order valence-electron chi connectivity index (χ3n) is 2.55. The first-order chi connectivity index (χ1) is 7.07. The molecule has 1 unspecified atom stereocenters. The molecule has 1 heterocycles. The summed E-state index contributed by atoms with van der Waals surface area (Å²) in [6.07, 6.45) is 3.61. The second-order valence-corrected chi connectivity index (χ2v) is 6.03. The Hall–Kier alpha value is 0.560. The van der Waals surface area contributed by atoms with Crippen LogP contribution in [0.5, 0.6) is 0 Å². The number of rotatable bonds is 5. The second kappa shape index (κ2) is 6.33. The van der Waals surface area contributed by atoms with E-state index in [1.165, 1.54) is 18.7 Å². The molecule has 0 aliphatic carbocycles. The van der Waals surface area contributed by atoms with Gasteiger partial charge in [0, 0.05) is 19.0 Å². The molecule has 4 heteroatoms. The number of alkyl halides is 1. The van der Waals surface area contributed by atoms with E-state index in [1.807, 2.05) is 11.8 Å². The molecule has 1 aliphatic rings. The molecule has 0 spiro atoms. The first-order valence-corrected chi connectivity index (χ1v) is 7.45. The van der Waals surface area contributed by atoms with Crippen molar-refractivity contribution in [3.8, 4) is 0 Å². The molecule has 1 atom stereocenters. The van der Waals surface area contributed by atoms with E-state index in [0.717, 1.165) is 13.1 Å². The van der Waals surface area contributed by atoms with Gasteiger partial charge in [0.05, 0.1) is 11.7 Å². The van der Waals surface area contributed by atoms with Crippen LogP contribution in [0.2, 0.25) is 0 Å². The van der Waals surface area contributed by atoms with Crippen molar-refractivity contribution >= 4 is 23.4 Å². The number of thioether (sulfide) groups is 1. The van der Waals surface area contributed by atoms with E-state index >= 15 is 0 Å². The van der Waals surface area contributed by atoms with E-state index in [2.05, 4.69) is 25.0 Å². The van der Waals surface area contributed by atoms with Gasteiger partial charge in [-0.3, -0.25) is 4.90 Å². The Labute approximate surface area is 103 Å². The smallest absolute Gasteiger partial charge is 0.0844 e. The standard InChI is InChI=1S/C11H22ClNOS/c1-11(2)9-13(5-4-6-15-3)8-10(7-12)14-11/h10H,4-9H2,1-3H3. The monoisotopic (exact) mass is 251 g/mol. The van der Waals surface area contributed by atoms with Gasteiger partial charge < -0.3 is 4.74 Å². The molecule has 0 aromatic heterocycles. The summed E-state index contributed by atoms with van der Waals surface area (Å²) in [5.74, 6) is 1.84. The molecule has 1 aliphatic heterocycles. The molecular weight excluding hydrogens is 230 g/mol. The highest BCUT2D eigenvalue weighted by Crippen LogP contribution is 2.21. The third kappa shape index (κ3) is 4.94. The van der Waals surface area contributed by atoms with Crippen LogP contribution in [0.25, 0.3) is 0 Å². The predicted molar refractivity (Wildman–Crippen MR) is 69.1 cm³/mol. The predicted octanol–water partition coefficient (Wildman–Crippen LogP) is 2.46. The fourth-order valence-corrected chi connectivity index (χ4v) is 2.68. The minimum absolute atomic E-state index is 0.0445. The van der Waals surface area contributed by atoms with Gasteiger partial charge >= 0.3 is 0 Å². The number of ether oxygens (including phenoxy) is 1. The van der Waals surface area contributed by atoms with Crippen LogP contribution in [0.15, 0.2) is 0 Å². The molecule has 0 bridgehead atoms. The Kier molecular flexibility index (Phi) is 5.75. The van der Waals surface area contributed by atoms with E-state index in [1.54, 1.807) is 0 Å². The Morgan fingerprint density at radius 1 is 1.53 bits per heavy atom. The molecule has 0 radical (unpaired) electrons. The third-order valence-corrected chi connectivity index (χ3v) is 3.59. The van der Waals surface area contributed by atoms with E-state index in [0.29, 0.717) is 5.88 Å². The molecule has 0 N–H and O–H groups in total. The average molecular weight is 252 g/mol. The van der Waals surface area contributed by atoms with Crippen molar-refractivity contribution in [2.75, 3.05) is 37.5 Å². The summed E-state index contributed by atoms with van der Waals surface area (Å²) in [5.41, 5.74) is -0.0445. The maximum Gasteiger partial charge on any atom is 0.0844 e. The topological polar surface area (TPSA) is 12.5 Å². The van der Waals surface area contributed by atoms with Gasteiger partial charge in [0.2, 0.25) is 0 Å². The van der Waals surface area contributed by atoms with Crippen molar-refractivity contribution in [2.45, 2.75) is 32.0 Å². The quantitative estimate of drug-likeness (QED) is 0.550. The van der Waals surface area contributed by atoms with E-state index in [-0.39, 0.29) is 11.7 Å². The van der Waals surface area contributed by atoms with Gasteiger partial charge in [-0.25, -0.2) is 0 Å². The zero-order valence-electron chi connectivity index (χ0n) is 9.96. The Morgan fingerprint density at radius 2 is 2.27 bits per heavy atom. The van der Waals surface area contributed by atoms with Crippen molar-refractivity contribution in [3.63, 3.8) is 0 Å². The Bertz CT molecular complexity index is 189. The molecule has 1 fully saturated rings. The lowest BCUT2D eigenvalue weighted by Crippen LogP contribution is -2.53. The molecule has 0 saturated carbocycles.